The molecule has 1 aromatic carbocycles. The van der Waals surface area contributed by atoms with Crippen LogP contribution in [0.5, 0.6) is 5.75 Å². The van der Waals surface area contributed by atoms with Crippen molar-refractivity contribution in [3.8, 4) is 17.0 Å². The maximum absolute atomic E-state index is 5.84. The molecular weight excluding hydrogens is 208 g/mol. The van der Waals surface area contributed by atoms with Crippen molar-refractivity contribution in [1.29, 1.82) is 0 Å². The molecule has 2 N–H and O–H groups in total. The summed E-state index contributed by atoms with van der Waals surface area (Å²) in [6, 6.07) is 6.12. The van der Waals surface area contributed by atoms with Gasteiger partial charge in [0.1, 0.15) is 16.4 Å². The molecule has 2 aromatic rings. The Balaban J connectivity index is 2.11. The minimum atomic E-state index is 0.772. The van der Waals surface area contributed by atoms with Crippen molar-refractivity contribution in [1.82, 2.24) is 4.98 Å². The van der Waals surface area contributed by atoms with Crippen molar-refractivity contribution in [3.05, 3.63) is 29.3 Å². The van der Waals surface area contributed by atoms with Crippen LogP contribution in [-0.2, 0) is 6.42 Å². The maximum atomic E-state index is 5.84. The maximum Gasteiger partial charge on any atom is 0.122 e. The van der Waals surface area contributed by atoms with Gasteiger partial charge in [-0.05, 0) is 23.8 Å². The lowest BCUT2D eigenvalue weighted by molar-refractivity contribution is 0.357. The molecule has 3 rings (SSSR count). The third-order valence-electron chi connectivity index (χ3n) is 2.56. The predicted molar refractivity (Wildman–Crippen MR) is 61.2 cm³/mol. The van der Waals surface area contributed by atoms with E-state index in [1.807, 2.05) is 12.1 Å². The largest absolute Gasteiger partial charge is 0.493 e. The molecule has 0 radical (unpaired) electrons. The summed E-state index contributed by atoms with van der Waals surface area (Å²) in [6.07, 6.45) is 0.979. The van der Waals surface area contributed by atoms with E-state index in [4.69, 9.17) is 10.5 Å². The van der Waals surface area contributed by atoms with Gasteiger partial charge in [0.2, 0.25) is 0 Å². The van der Waals surface area contributed by atoms with Crippen molar-refractivity contribution < 1.29 is 4.74 Å². The number of anilines is 1. The fourth-order valence-corrected chi connectivity index (χ4v) is 2.36. The molecule has 0 atom stereocenters. The highest BCUT2D eigenvalue weighted by atomic mass is 32.1. The number of aromatic nitrogens is 1. The van der Waals surface area contributed by atoms with Crippen LogP contribution in [0.1, 0.15) is 5.56 Å². The van der Waals surface area contributed by atoms with Crippen LogP contribution < -0.4 is 10.5 Å². The first-order valence-corrected chi connectivity index (χ1v) is 5.67. The Morgan fingerprint density at radius 3 is 3.13 bits per heavy atom. The zero-order chi connectivity index (χ0) is 10.3. The smallest absolute Gasteiger partial charge is 0.122 e. The summed E-state index contributed by atoms with van der Waals surface area (Å²) in [5.41, 5.74) is 10.8. The first-order chi connectivity index (χ1) is 7.34. The second-order valence-corrected chi connectivity index (χ2v) is 4.37. The molecule has 0 saturated heterocycles. The van der Waals surface area contributed by atoms with Crippen LogP contribution in [0.2, 0.25) is 0 Å². The number of thiazole rings is 1. The third-order valence-corrected chi connectivity index (χ3v) is 3.22. The Labute approximate surface area is 91.5 Å². The number of hydrogen-bond donors (Lipinski definition) is 1. The summed E-state index contributed by atoms with van der Waals surface area (Å²) >= 11 is 1.47. The van der Waals surface area contributed by atoms with E-state index in [0.29, 0.717) is 0 Å². The number of nitrogens with two attached hydrogens (primary N) is 1. The number of rotatable bonds is 1. The normalized spacial score (nSPS) is 13.6. The lowest BCUT2D eigenvalue weighted by Gasteiger charge is -2.02. The minimum absolute atomic E-state index is 0.772. The van der Waals surface area contributed by atoms with Crippen molar-refractivity contribution in [2.75, 3.05) is 12.3 Å². The van der Waals surface area contributed by atoms with Gasteiger partial charge in [0, 0.05) is 12.0 Å². The highest BCUT2D eigenvalue weighted by molar-refractivity contribution is 7.14. The number of hydrogen-bond acceptors (Lipinski definition) is 4. The first-order valence-electron chi connectivity index (χ1n) is 4.79. The summed E-state index contributed by atoms with van der Waals surface area (Å²) in [7, 11) is 0. The van der Waals surface area contributed by atoms with Crippen LogP contribution in [0.4, 0.5) is 5.00 Å². The van der Waals surface area contributed by atoms with Gasteiger partial charge < -0.3 is 10.5 Å². The Morgan fingerprint density at radius 1 is 1.40 bits per heavy atom. The Kier molecular flexibility index (Phi) is 1.89. The van der Waals surface area contributed by atoms with Crippen LogP contribution in [0.15, 0.2) is 23.7 Å². The quantitative estimate of drug-likeness (QED) is 0.799. The van der Waals surface area contributed by atoms with E-state index in [2.05, 4.69) is 11.1 Å². The van der Waals surface area contributed by atoms with Gasteiger partial charge in [-0.2, -0.15) is 0 Å². The van der Waals surface area contributed by atoms with Crippen LogP contribution in [0.3, 0.4) is 0 Å². The monoisotopic (exact) mass is 218 g/mol. The molecular formula is C11H10N2OS. The van der Waals surface area contributed by atoms with Gasteiger partial charge in [-0.1, -0.05) is 0 Å². The molecule has 4 heteroatoms. The molecule has 0 saturated carbocycles. The third kappa shape index (κ3) is 1.37. The standard InChI is InChI=1S/C11H10N2OS/c12-11-10(13-6-15-11)8-1-2-9-7(5-8)3-4-14-9/h1-2,5-6H,3-4,12H2. The lowest BCUT2D eigenvalue weighted by Crippen LogP contribution is -1.86. The van der Waals surface area contributed by atoms with Crippen LogP contribution in [0, 0.1) is 0 Å². The molecule has 0 aliphatic carbocycles. The lowest BCUT2D eigenvalue weighted by atomic mass is 10.1. The van der Waals surface area contributed by atoms with Crippen LogP contribution in [-0.4, -0.2) is 11.6 Å². The number of nitrogen functional groups attached to an aromatic ring is 1. The van der Waals surface area contributed by atoms with Gasteiger partial charge in [-0.15, -0.1) is 11.3 Å². The highest BCUT2D eigenvalue weighted by Gasteiger charge is 2.14. The van der Waals surface area contributed by atoms with E-state index in [1.54, 1.807) is 5.51 Å². The summed E-state index contributed by atoms with van der Waals surface area (Å²) in [6.45, 7) is 0.783. The summed E-state index contributed by atoms with van der Waals surface area (Å²) in [5, 5.41) is 0.772. The van der Waals surface area contributed by atoms with Crippen LogP contribution in [0.25, 0.3) is 11.3 Å². The molecule has 0 fully saturated rings. The van der Waals surface area contributed by atoms with Crippen molar-refractivity contribution >= 4 is 16.3 Å². The molecule has 1 aliphatic rings. The average Bonchev–Trinajstić information content (AvgIpc) is 2.84. The van der Waals surface area contributed by atoms with Crippen molar-refractivity contribution in [2.24, 2.45) is 0 Å². The zero-order valence-electron chi connectivity index (χ0n) is 8.06. The SMILES string of the molecule is Nc1scnc1-c1ccc2c(c1)CCO2. The molecule has 0 amide bonds. The zero-order valence-corrected chi connectivity index (χ0v) is 8.88. The molecule has 1 aromatic heterocycles. The topological polar surface area (TPSA) is 48.1 Å². The molecule has 0 unspecified atom stereocenters. The number of benzene rings is 1. The molecule has 0 spiro atoms. The van der Waals surface area contributed by atoms with E-state index >= 15 is 0 Å². The molecule has 76 valence electrons. The molecule has 2 heterocycles. The van der Waals surface area contributed by atoms with Gasteiger partial charge in [0.05, 0.1) is 12.1 Å². The first kappa shape index (κ1) is 8.73. The van der Waals surface area contributed by atoms with E-state index < -0.39 is 0 Å². The molecule has 3 nitrogen and oxygen atoms in total. The summed E-state index contributed by atoms with van der Waals surface area (Å²) in [4.78, 5) is 4.26. The number of fused-ring (bicyclic) bond motifs is 1. The van der Waals surface area contributed by atoms with Gasteiger partial charge in [-0.25, -0.2) is 4.98 Å². The van der Waals surface area contributed by atoms with Crippen LogP contribution >= 0.6 is 11.3 Å². The van der Waals surface area contributed by atoms with E-state index in [-0.39, 0.29) is 0 Å². The fourth-order valence-electron chi connectivity index (χ4n) is 1.81. The fraction of sp³-hybridized carbons (Fsp3) is 0.182. The second kappa shape index (κ2) is 3.24. The molecule has 1 aliphatic heterocycles. The van der Waals surface area contributed by atoms with Gasteiger partial charge >= 0.3 is 0 Å². The molecule has 15 heavy (non-hydrogen) atoms. The van der Waals surface area contributed by atoms with E-state index in [9.17, 15) is 0 Å². The van der Waals surface area contributed by atoms with E-state index in [0.717, 1.165) is 35.0 Å². The average molecular weight is 218 g/mol. The summed E-state index contributed by atoms with van der Waals surface area (Å²) in [5.74, 6) is 0.993. The number of nitrogens with zero attached hydrogens (tertiary/aromatic N) is 1. The molecule has 0 bridgehead atoms. The minimum Gasteiger partial charge on any atom is -0.493 e. The number of ether oxygens (including phenoxy) is 1. The Morgan fingerprint density at radius 2 is 2.33 bits per heavy atom. The van der Waals surface area contributed by atoms with Gasteiger partial charge in [-0.3, -0.25) is 0 Å². The van der Waals surface area contributed by atoms with Gasteiger partial charge in [0.25, 0.3) is 0 Å². The van der Waals surface area contributed by atoms with Crippen molar-refractivity contribution in [3.63, 3.8) is 0 Å². The van der Waals surface area contributed by atoms with Gasteiger partial charge in [0.15, 0.2) is 0 Å². The highest BCUT2D eigenvalue weighted by Crippen LogP contribution is 2.33. The summed E-state index contributed by atoms with van der Waals surface area (Å²) < 4.78 is 5.45. The Bertz CT molecular complexity index is 507. The predicted octanol–water partition coefficient (Wildman–Crippen LogP) is 2.33. The van der Waals surface area contributed by atoms with Crippen molar-refractivity contribution in [2.45, 2.75) is 6.42 Å². The van der Waals surface area contributed by atoms with E-state index in [1.165, 1.54) is 16.9 Å². The Hall–Kier alpha value is -1.55. The second-order valence-electron chi connectivity index (χ2n) is 3.49.